The van der Waals surface area contributed by atoms with E-state index in [0.717, 1.165) is 22.7 Å². The third-order valence-corrected chi connectivity index (χ3v) is 10.0. The molecule has 166 valence electrons. The molecular weight excluding hydrogens is 387 g/mol. The van der Waals surface area contributed by atoms with E-state index < -0.39 is 0 Å². The van der Waals surface area contributed by atoms with Crippen LogP contribution in [0.15, 0.2) is 55.0 Å². The highest BCUT2D eigenvalue weighted by Crippen LogP contribution is 2.54. The van der Waals surface area contributed by atoms with Crippen LogP contribution in [0.4, 0.5) is 0 Å². The summed E-state index contributed by atoms with van der Waals surface area (Å²) < 4.78 is 11.3. The van der Waals surface area contributed by atoms with Gasteiger partial charge in [-0.05, 0) is 53.9 Å². The number of benzene rings is 1. The largest absolute Gasteiger partial charge is 0.497 e. The second-order valence-electron chi connectivity index (χ2n) is 8.20. The molecule has 0 amide bonds. The lowest BCUT2D eigenvalue weighted by atomic mass is 10.0. The van der Waals surface area contributed by atoms with Crippen molar-refractivity contribution in [2.45, 2.75) is 83.0 Å². The van der Waals surface area contributed by atoms with Crippen LogP contribution in [0, 0.1) is 0 Å². The van der Waals surface area contributed by atoms with E-state index in [2.05, 4.69) is 51.3 Å². The van der Waals surface area contributed by atoms with Gasteiger partial charge in [0.2, 0.25) is 0 Å². The van der Waals surface area contributed by atoms with Gasteiger partial charge in [0.15, 0.2) is 0 Å². The number of rotatable bonds is 12. The number of allylic oxidation sites excluding steroid dienone is 2. The Morgan fingerprint density at radius 3 is 2.40 bits per heavy atom. The van der Waals surface area contributed by atoms with Crippen LogP contribution >= 0.6 is 7.92 Å². The number of hydrogen-bond acceptors (Lipinski definition) is 2. The molecule has 1 aliphatic carbocycles. The highest BCUT2D eigenvalue weighted by Gasteiger charge is 2.33. The fourth-order valence-electron chi connectivity index (χ4n) is 4.75. The molecule has 1 aromatic carbocycles. The fourth-order valence-corrected chi connectivity index (χ4v) is 8.63. The van der Waals surface area contributed by atoms with Gasteiger partial charge in [0.25, 0.3) is 0 Å². The van der Waals surface area contributed by atoms with E-state index in [9.17, 15) is 0 Å². The Bertz CT molecular complexity index is 715. The fraction of sp³-hybridized carbons (Fsp3) is 0.556. The summed E-state index contributed by atoms with van der Waals surface area (Å²) in [5, 5.41) is 1.49. The van der Waals surface area contributed by atoms with E-state index in [0.29, 0.717) is 5.76 Å². The lowest BCUT2D eigenvalue weighted by Gasteiger charge is -2.38. The Balaban J connectivity index is 2.65. The third-order valence-electron chi connectivity index (χ3n) is 6.35. The monoisotopic (exact) mass is 428 g/mol. The van der Waals surface area contributed by atoms with Crippen molar-refractivity contribution in [3.63, 3.8) is 0 Å². The van der Waals surface area contributed by atoms with Gasteiger partial charge in [-0.15, -0.1) is 0 Å². The van der Waals surface area contributed by atoms with Crippen molar-refractivity contribution >= 4 is 18.8 Å². The summed E-state index contributed by atoms with van der Waals surface area (Å²) in [6.45, 7) is 12.9. The molecule has 0 saturated heterocycles. The van der Waals surface area contributed by atoms with Crippen LogP contribution in [-0.4, -0.2) is 25.5 Å². The summed E-state index contributed by atoms with van der Waals surface area (Å²) in [6, 6.07) is 8.92. The molecular formula is C27H41O2P. The molecule has 3 heteroatoms. The lowest BCUT2D eigenvalue weighted by molar-refractivity contribution is 0.292. The topological polar surface area (TPSA) is 18.5 Å². The molecule has 2 unspecified atom stereocenters. The van der Waals surface area contributed by atoms with Gasteiger partial charge in [0.1, 0.15) is 11.5 Å². The van der Waals surface area contributed by atoms with Gasteiger partial charge >= 0.3 is 0 Å². The molecule has 0 bridgehead atoms. The Labute approximate surface area is 186 Å². The standard InChI is InChI=1S/C27H41O2P/c1-7-10-16-22(8-2)30(23-17-12-11-13-18-23)26-20-15-14-19-24(26)27(21(4)28-5)25(9-3)29-6/h9,14-15,19-20,22-23H,3-4,7-8,10-13,16-18H2,1-2,5-6H3/b27-25-. The summed E-state index contributed by atoms with van der Waals surface area (Å²) in [5.74, 6) is 1.37. The maximum Gasteiger partial charge on any atom is 0.129 e. The third kappa shape index (κ3) is 6.01. The smallest absolute Gasteiger partial charge is 0.129 e. The van der Waals surface area contributed by atoms with Gasteiger partial charge in [0, 0.05) is 0 Å². The summed E-state index contributed by atoms with van der Waals surface area (Å²) in [5.41, 5.74) is 3.73. The van der Waals surface area contributed by atoms with Crippen molar-refractivity contribution in [3.05, 3.63) is 60.6 Å². The number of ether oxygens (including phenoxy) is 2. The minimum Gasteiger partial charge on any atom is -0.497 e. The molecule has 0 aliphatic heterocycles. The number of unbranched alkanes of at least 4 members (excludes halogenated alkanes) is 1. The summed E-state index contributed by atoms with van der Waals surface area (Å²) in [7, 11) is 3.09. The van der Waals surface area contributed by atoms with E-state index in [1.165, 1.54) is 68.7 Å². The first-order valence-corrected chi connectivity index (χ1v) is 13.1. The highest BCUT2D eigenvalue weighted by molar-refractivity contribution is 7.67. The first kappa shape index (κ1) is 24.7. The Kier molecular flexibility index (Phi) is 10.7. The van der Waals surface area contributed by atoms with E-state index in [-0.39, 0.29) is 7.92 Å². The Hall–Kier alpha value is -1.53. The average Bonchev–Trinajstić information content (AvgIpc) is 2.80. The molecule has 0 radical (unpaired) electrons. The van der Waals surface area contributed by atoms with Gasteiger partial charge in [-0.2, -0.15) is 0 Å². The van der Waals surface area contributed by atoms with Gasteiger partial charge < -0.3 is 9.47 Å². The zero-order valence-electron chi connectivity index (χ0n) is 19.6. The summed E-state index contributed by atoms with van der Waals surface area (Å²) in [6.07, 6.45) is 13.8. The molecule has 0 N–H and O–H groups in total. The molecule has 0 aromatic heterocycles. The van der Waals surface area contributed by atoms with Gasteiger partial charge in [-0.25, -0.2) is 0 Å². The van der Waals surface area contributed by atoms with Crippen molar-refractivity contribution in [2.24, 2.45) is 0 Å². The summed E-state index contributed by atoms with van der Waals surface area (Å²) in [4.78, 5) is 0. The van der Waals surface area contributed by atoms with E-state index in [1.54, 1.807) is 20.3 Å². The minimum absolute atomic E-state index is 0.288. The molecule has 1 fully saturated rings. The second-order valence-corrected chi connectivity index (χ2v) is 11.0. The van der Waals surface area contributed by atoms with Gasteiger partial charge in [0.05, 0.1) is 19.8 Å². The van der Waals surface area contributed by atoms with Crippen molar-refractivity contribution in [1.29, 1.82) is 0 Å². The van der Waals surface area contributed by atoms with Crippen molar-refractivity contribution in [2.75, 3.05) is 14.2 Å². The van der Waals surface area contributed by atoms with E-state index >= 15 is 0 Å². The number of methoxy groups -OCH3 is 2. The average molecular weight is 429 g/mol. The Morgan fingerprint density at radius 1 is 1.13 bits per heavy atom. The van der Waals surface area contributed by atoms with Gasteiger partial charge in [-0.3, -0.25) is 0 Å². The predicted molar refractivity (Wildman–Crippen MR) is 134 cm³/mol. The van der Waals surface area contributed by atoms with Crippen LogP contribution in [-0.2, 0) is 9.47 Å². The van der Waals surface area contributed by atoms with Crippen LogP contribution in [0.2, 0.25) is 0 Å². The molecule has 2 atom stereocenters. The molecule has 1 aromatic rings. The quantitative estimate of drug-likeness (QED) is 0.192. The molecule has 0 spiro atoms. The zero-order valence-corrected chi connectivity index (χ0v) is 20.5. The summed E-state index contributed by atoms with van der Waals surface area (Å²) >= 11 is 0. The molecule has 2 nitrogen and oxygen atoms in total. The first-order chi connectivity index (χ1) is 14.6. The van der Waals surface area contributed by atoms with Crippen molar-refractivity contribution in [3.8, 4) is 0 Å². The normalized spacial score (nSPS) is 17.6. The lowest BCUT2D eigenvalue weighted by Crippen LogP contribution is -2.26. The maximum absolute atomic E-state index is 5.70. The second kappa shape index (κ2) is 13.0. The van der Waals surface area contributed by atoms with Gasteiger partial charge in [-0.1, -0.05) is 91.3 Å². The molecule has 1 saturated carbocycles. The zero-order chi connectivity index (χ0) is 21.9. The molecule has 1 aliphatic rings. The Morgan fingerprint density at radius 2 is 1.83 bits per heavy atom. The predicted octanol–water partition coefficient (Wildman–Crippen LogP) is 7.80. The van der Waals surface area contributed by atoms with Crippen LogP contribution in [0.1, 0.15) is 77.2 Å². The minimum atomic E-state index is -0.288. The van der Waals surface area contributed by atoms with Crippen molar-refractivity contribution in [1.82, 2.24) is 0 Å². The van der Waals surface area contributed by atoms with Crippen LogP contribution in [0.25, 0.3) is 5.57 Å². The van der Waals surface area contributed by atoms with Crippen molar-refractivity contribution < 1.29 is 9.47 Å². The highest BCUT2D eigenvalue weighted by atomic mass is 31.1. The molecule has 30 heavy (non-hydrogen) atoms. The van der Waals surface area contributed by atoms with Crippen LogP contribution in [0.3, 0.4) is 0 Å². The molecule has 2 rings (SSSR count). The maximum atomic E-state index is 5.70. The van der Waals surface area contributed by atoms with E-state index in [1.807, 2.05) is 0 Å². The van der Waals surface area contributed by atoms with E-state index in [4.69, 9.17) is 9.47 Å². The number of hydrogen-bond donors (Lipinski definition) is 0. The molecule has 0 heterocycles. The van der Waals surface area contributed by atoms with Crippen LogP contribution in [0.5, 0.6) is 0 Å². The SMILES string of the molecule is C=C/C(OC)=C(\C(=C)OC)c1ccccc1P(C(CC)CCCC)C1CCCCC1. The van der Waals surface area contributed by atoms with Crippen LogP contribution < -0.4 is 5.30 Å². The first-order valence-electron chi connectivity index (χ1n) is 11.6.